The summed E-state index contributed by atoms with van der Waals surface area (Å²) < 4.78 is 2.03. The van der Waals surface area contributed by atoms with Gasteiger partial charge in [0.05, 0.1) is 11.7 Å². The molecule has 1 aromatic carbocycles. The summed E-state index contributed by atoms with van der Waals surface area (Å²) >= 11 is 0. The van der Waals surface area contributed by atoms with Crippen molar-refractivity contribution in [3.63, 3.8) is 0 Å². The molecule has 0 saturated heterocycles. The molecule has 3 nitrogen and oxygen atoms in total. The molecule has 0 amide bonds. The fourth-order valence-electron chi connectivity index (χ4n) is 2.36. The van der Waals surface area contributed by atoms with Gasteiger partial charge in [0.2, 0.25) is 0 Å². The first-order valence-electron chi connectivity index (χ1n) is 6.34. The van der Waals surface area contributed by atoms with Crippen LogP contribution in [0.3, 0.4) is 0 Å². The van der Waals surface area contributed by atoms with E-state index in [2.05, 4.69) is 49.3 Å². The minimum Gasteiger partial charge on any atom is -0.326 e. The standard InChI is InChI=1S/C15H21N3/c1-10-5-7-14(8-6-10)15(13(4)16)18-12(3)9-11(2)17-18/h5-9,13,15H,16H2,1-4H3. The Kier molecular flexibility index (Phi) is 3.53. The van der Waals surface area contributed by atoms with Gasteiger partial charge in [0.15, 0.2) is 0 Å². The highest BCUT2D eigenvalue weighted by molar-refractivity contribution is 5.26. The first-order valence-corrected chi connectivity index (χ1v) is 6.34. The molecule has 0 aliphatic carbocycles. The van der Waals surface area contributed by atoms with Crippen molar-refractivity contribution in [3.05, 3.63) is 52.8 Å². The molecule has 2 unspecified atom stereocenters. The van der Waals surface area contributed by atoms with E-state index in [1.807, 2.05) is 18.5 Å². The zero-order valence-electron chi connectivity index (χ0n) is 11.5. The molecule has 3 heteroatoms. The van der Waals surface area contributed by atoms with Crippen molar-refractivity contribution in [1.29, 1.82) is 0 Å². The Bertz CT molecular complexity index is 523. The summed E-state index contributed by atoms with van der Waals surface area (Å²) in [4.78, 5) is 0. The molecule has 0 bridgehead atoms. The van der Waals surface area contributed by atoms with Crippen molar-refractivity contribution in [2.45, 2.75) is 39.8 Å². The quantitative estimate of drug-likeness (QED) is 0.900. The van der Waals surface area contributed by atoms with E-state index < -0.39 is 0 Å². The minimum absolute atomic E-state index is 0.0192. The van der Waals surface area contributed by atoms with E-state index >= 15 is 0 Å². The molecule has 0 spiro atoms. The van der Waals surface area contributed by atoms with Gasteiger partial charge in [0, 0.05) is 11.7 Å². The number of aryl methyl sites for hydroxylation is 3. The van der Waals surface area contributed by atoms with Crippen LogP contribution in [0.4, 0.5) is 0 Å². The number of aromatic nitrogens is 2. The lowest BCUT2D eigenvalue weighted by molar-refractivity contribution is 0.443. The van der Waals surface area contributed by atoms with E-state index in [-0.39, 0.29) is 12.1 Å². The maximum Gasteiger partial charge on any atom is 0.0919 e. The lowest BCUT2D eigenvalue weighted by Crippen LogP contribution is -2.31. The molecule has 2 N–H and O–H groups in total. The van der Waals surface area contributed by atoms with Crippen molar-refractivity contribution >= 4 is 0 Å². The van der Waals surface area contributed by atoms with Gasteiger partial charge in [0.25, 0.3) is 0 Å². The second kappa shape index (κ2) is 4.94. The maximum atomic E-state index is 6.16. The van der Waals surface area contributed by atoms with Gasteiger partial charge in [-0.05, 0) is 39.3 Å². The number of nitrogens with zero attached hydrogens (tertiary/aromatic N) is 2. The van der Waals surface area contributed by atoms with Crippen LogP contribution in [0.2, 0.25) is 0 Å². The smallest absolute Gasteiger partial charge is 0.0919 e. The van der Waals surface area contributed by atoms with E-state index in [0.717, 1.165) is 11.4 Å². The van der Waals surface area contributed by atoms with Gasteiger partial charge in [-0.2, -0.15) is 5.10 Å². The molecule has 96 valence electrons. The van der Waals surface area contributed by atoms with Crippen LogP contribution in [0, 0.1) is 20.8 Å². The molecule has 2 rings (SSSR count). The van der Waals surface area contributed by atoms with Crippen molar-refractivity contribution in [3.8, 4) is 0 Å². The Labute approximate surface area is 109 Å². The van der Waals surface area contributed by atoms with Gasteiger partial charge in [-0.1, -0.05) is 29.8 Å². The lowest BCUT2D eigenvalue weighted by Gasteiger charge is -2.23. The van der Waals surface area contributed by atoms with Crippen molar-refractivity contribution in [2.24, 2.45) is 5.73 Å². The van der Waals surface area contributed by atoms with Gasteiger partial charge in [-0.15, -0.1) is 0 Å². The predicted octanol–water partition coefficient (Wildman–Crippen LogP) is 2.74. The summed E-state index contributed by atoms with van der Waals surface area (Å²) in [5, 5.41) is 4.57. The third kappa shape index (κ3) is 2.46. The predicted molar refractivity (Wildman–Crippen MR) is 74.7 cm³/mol. The van der Waals surface area contributed by atoms with E-state index in [0.29, 0.717) is 0 Å². The van der Waals surface area contributed by atoms with Crippen molar-refractivity contribution in [2.75, 3.05) is 0 Å². The average molecular weight is 243 g/mol. The highest BCUT2D eigenvalue weighted by atomic mass is 15.3. The summed E-state index contributed by atoms with van der Waals surface area (Å²) in [6.45, 7) is 8.20. The molecule has 2 atom stereocenters. The Hall–Kier alpha value is -1.61. The van der Waals surface area contributed by atoms with E-state index in [1.54, 1.807) is 0 Å². The topological polar surface area (TPSA) is 43.8 Å². The summed E-state index contributed by atoms with van der Waals surface area (Å²) in [7, 11) is 0. The minimum atomic E-state index is 0.0192. The molecule has 0 fully saturated rings. The van der Waals surface area contributed by atoms with E-state index in [4.69, 9.17) is 5.73 Å². The van der Waals surface area contributed by atoms with Crippen LogP contribution in [0.15, 0.2) is 30.3 Å². The molecule has 1 aromatic heterocycles. The maximum absolute atomic E-state index is 6.16. The van der Waals surface area contributed by atoms with Gasteiger partial charge < -0.3 is 5.73 Å². The zero-order valence-corrected chi connectivity index (χ0v) is 11.5. The number of rotatable bonds is 3. The fraction of sp³-hybridized carbons (Fsp3) is 0.400. The summed E-state index contributed by atoms with van der Waals surface area (Å²) in [6, 6.07) is 10.7. The van der Waals surface area contributed by atoms with Crippen molar-refractivity contribution < 1.29 is 0 Å². The number of benzene rings is 1. The molecule has 0 aliphatic rings. The largest absolute Gasteiger partial charge is 0.326 e. The van der Waals surface area contributed by atoms with Gasteiger partial charge >= 0.3 is 0 Å². The van der Waals surface area contributed by atoms with Gasteiger partial charge in [-0.25, -0.2) is 0 Å². The normalized spacial score (nSPS) is 14.5. The number of nitrogens with two attached hydrogens (primary N) is 1. The number of hydrogen-bond donors (Lipinski definition) is 1. The van der Waals surface area contributed by atoms with Crippen LogP contribution < -0.4 is 5.73 Å². The fourth-order valence-corrected chi connectivity index (χ4v) is 2.36. The molecule has 0 aliphatic heterocycles. The summed E-state index contributed by atoms with van der Waals surface area (Å²) in [6.07, 6.45) is 0. The Morgan fingerprint density at radius 2 is 1.72 bits per heavy atom. The Balaban J connectivity index is 2.46. The van der Waals surface area contributed by atoms with Crippen LogP contribution in [-0.2, 0) is 0 Å². The summed E-state index contributed by atoms with van der Waals surface area (Å²) in [5.41, 5.74) is 10.8. The van der Waals surface area contributed by atoms with Crippen LogP contribution in [0.5, 0.6) is 0 Å². The Morgan fingerprint density at radius 3 is 2.17 bits per heavy atom. The average Bonchev–Trinajstić information content (AvgIpc) is 2.61. The van der Waals surface area contributed by atoms with Crippen LogP contribution in [-0.4, -0.2) is 15.8 Å². The molecule has 2 aromatic rings. The van der Waals surface area contributed by atoms with Crippen LogP contribution >= 0.6 is 0 Å². The zero-order chi connectivity index (χ0) is 13.3. The van der Waals surface area contributed by atoms with E-state index in [9.17, 15) is 0 Å². The van der Waals surface area contributed by atoms with Crippen LogP contribution in [0.1, 0.15) is 35.5 Å². The molecule has 1 heterocycles. The monoisotopic (exact) mass is 243 g/mol. The third-order valence-corrected chi connectivity index (χ3v) is 3.23. The second-order valence-corrected chi connectivity index (χ2v) is 5.09. The molecular formula is C15H21N3. The van der Waals surface area contributed by atoms with Crippen LogP contribution in [0.25, 0.3) is 0 Å². The lowest BCUT2D eigenvalue weighted by atomic mass is 10.00. The van der Waals surface area contributed by atoms with Crippen molar-refractivity contribution in [1.82, 2.24) is 9.78 Å². The first kappa shape index (κ1) is 12.8. The van der Waals surface area contributed by atoms with Gasteiger partial charge in [0.1, 0.15) is 0 Å². The van der Waals surface area contributed by atoms with Gasteiger partial charge in [-0.3, -0.25) is 4.68 Å². The summed E-state index contributed by atoms with van der Waals surface area (Å²) in [5.74, 6) is 0. The highest BCUT2D eigenvalue weighted by Crippen LogP contribution is 2.23. The molecule has 0 saturated carbocycles. The highest BCUT2D eigenvalue weighted by Gasteiger charge is 2.20. The van der Waals surface area contributed by atoms with E-state index in [1.165, 1.54) is 11.1 Å². The Morgan fingerprint density at radius 1 is 1.11 bits per heavy atom. The molecular weight excluding hydrogens is 222 g/mol. The number of hydrogen-bond acceptors (Lipinski definition) is 2. The molecule has 18 heavy (non-hydrogen) atoms. The third-order valence-electron chi connectivity index (χ3n) is 3.23. The SMILES string of the molecule is Cc1ccc(C(C(C)N)n2nc(C)cc2C)cc1. The molecule has 0 radical (unpaired) electrons. The first-order chi connectivity index (χ1) is 8.49. The second-order valence-electron chi connectivity index (χ2n) is 5.09.